The van der Waals surface area contributed by atoms with Gasteiger partial charge in [-0.05, 0) is 0 Å². The van der Waals surface area contributed by atoms with Gasteiger partial charge in [-0.25, -0.2) is 0 Å². The summed E-state index contributed by atoms with van der Waals surface area (Å²) in [5, 5.41) is 1.42. The topological polar surface area (TPSA) is 34.1 Å². The molecule has 0 saturated heterocycles. The Kier molecular flexibility index (Phi) is 5.31. The molecule has 0 aliphatic heterocycles. The van der Waals surface area contributed by atoms with Crippen LogP contribution in [0.3, 0.4) is 0 Å². The third-order valence-electron chi connectivity index (χ3n) is 3.36. The first-order valence-corrected chi connectivity index (χ1v) is 10.7. The molecule has 0 aromatic heterocycles. The zero-order chi connectivity index (χ0) is 16.8. The van der Waals surface area contributed by atoms with Gasteiger partial charge < -0.3 is 0 Å². The summed E-state index contributed by atoms with van der Waals surface area (Å²) in [7, 11) is -3.47. The minimum absolute atomic E-state index is 0.0928. The van der Waals surface area contributed by atoms with E-state index in [1.807, 2.05) is 66.7 Å². The van der Waals surface area contributed by atoms with Gasteiger partial charge in [0.2, 0.25) is 0 Å². The first-order valence-electron chi connectivity index (χ1n) is 7.45. The first kappa shape index (κ1) is 16.7. The molecule has 4 heteroatoms. The van der Waals surface area contributed by atoms with Gasteiger partial charge in [-0.1, -0.05) is 0 Å². The Hall–Kier alpha value is -2.13. The molecule has 0 spiro atoms. The van der Waals surface area contributed by atoms with Gasteiger partial charge in [0.15, 0.2) is 0 Å². The van der Waals surface area contributed by atoms with Crippen LogP contribution >= 0.6 is 0 Å². The van der Waals surface area contributed by atoms with Gasteiger partial charge in [0.25, 0.3) is 0 Å². The SMILES string of the molecule is O=S(=O)(C=C([Se]c1ccccc1)c1ccccc1)c1ccccc1. The Morgan fingerprint density at radius 3 is 1.79 bits per heavy atom. The molecule has 0 saturated carbocycles. The second-order valence-electron chi connectivity index (χ2n) is 5.12. The van der Waals surface area contributed by atoms with Crippen molar-refractivity contribution in [3.05, 3.63) is 102 Å². The van der Waals surface area contributed by atoms with Crippen molar-refractivity contribution in [1.29, 1.82) is 0 Å². The van der Waals surface area contributed by atoms with Crippen molar-refractivity contribution in [3.8, 4) is 0 Å². The first-order chi connectivity index (χ1) is 11.6. The van der Waals surface area contributed by atoms with E-state index in [1.54, 1.807) is 24.3 Å². The molecular weight excluding hydrogens is 383 g/mol. The molecule has 0 amide bonds. The van der Waals surface area contributed by atoms with Gasteiger partial charge in [0.1, 0.15) is 0 Å². The van der Waals surface area contributed by atoms with Crippen molar-refractivity contribution in [2.24, 2.45) is 0 Å². The molecular formula is C20H16O2SSe. The fraction of sp³-hybridized carbons (Fsp3) is 0. The molecule has 0 bridgehead atoms. The Bertz CT molecular complexity index is 919. The summed E-state index contributed by atoms with van der Waals surface area (Å²) in [5.74, 6) is 0. The molecule has 2 nitrogen and oxygen atoms in total. The molecule has 3 aromatic rings. The van der Waals surface area contributed by atoms with Crippen molar-refractivity contribution in [2.75, 3.05) is 0 Å². The molecule has 0 unspecified atom stereocenters. The Balaban J connectivity index is 2.04. The van der Waals surface area contributed by atoms with E-state index in [9.17, 15) is 8.42 Å². The van der Waals surface area contributed by atoms with Crippen LogP contribution in [0.5, 0.6) is 0 Å². The fourth-order valence-corrected chi connectivity index (χ4v) is 6.11. The summed E-state index contributed by atoms with van der Waals surface area (Å²) in [6.45, 7) is 0. The molecule has 0 N–H and O–H groups in total. The predicted octanol–water partition coefficient (Wildman–Crippen LogP) is 3.49. The van der Waals surface area contributed by atoms with E-state index in [4.69, 9.17) is 0 Å². The summed E-state index contributed by atoms with van der Waals surface area (Å²) < 4.78 is 27.5. The molecule has 120 valence electrons. The zero-order valence-electron chi connectivity index (χ0n) is 12.9. The van der Waals surface area contributed by atoms with Gasteiger partial charge in [-0.3, -0.25) is 0 Å². The van der Waals surface area contributed by atoms with Gasteiger partial charge in [0.05, 0.1) is 0 Å². The van der Waals surface area contributed by atoms with E-state index in [1.165, 1.54) is 5.41 Å². The summed E-state index contributed by atoms with van der Waals surface area (Å²) in [4.78, 5) is 0.322. The standard InChI is InChI=1S/C20H16O2SSe/c21-23(22,18-12-6-2-7-13-18)16-20(17-10-4-1-5-11-17)24-19-14-8-3-9-15-19/h1-16H. The van der Waals surface area contributed by atoms with Crippen LogP contribution < -0.4 is 4.46 Å². The van der Waals surface area contributed by atoms with E-state index in [-0.39, 0.29) is 15.0 Å². The fourth-order valence-electron chi connectivity index (χ4n) is 2.19. The third-order valence-corrected chi connectivity index (χ3v) is 7.44. The number of hydrogen-bond donors (Lipinski definition) is 0. The second kappa shape index (κ2) is 7.63. The molecule has 0 aliphatic rings. The number of benzene rings is 3. The molecule has 0 heterocycles. The Morgan fingerprint density at radius 2 is 1.21 bits per heavy atom. The molecule has 3 aromatic carbocycles. The summed E-state index contributed by atoms with van der Waals surface area (Å²) in [6.07, 6.45) is 0. The van der Waals surface area contributed by atoms with Crippen molar-refractivity contribution in [2.45, 2.75) is 4.90 Å². The van der Waals surface area contributed by atoms with Crippen LogP contribution in [0.25, 0.3) is 4.47 Å². The average Bonchev–Trinajstić information content (AvgIpc) is 2.63. The van der Waals surface area contributed by atoms with Crippen LogP contribution in [-0.2, 0) is 9.84 Å². The molecule has 0 aliphatic carbocycles. The van der Waals surface area contributed by atoms with Crippen LogP contribution in [0.4, 0.5) is 0 Å². The van der Waals surface area contributed by atoms with Crippen molar-refractivity contribution in [3.63, 3.8) is 0 Å². The number of rotatable bonds is 5. The molecule has 0 atom stereocenters. The van der Waals surface area contributed by atoms with E-state index in [2.05, 4.69) is 0 Å². The van der Waals surface area contributed by atoms with Crippen molar-refractivity contribution < 1.29 is 8.42 Å². The second-order valence-corrected chi connectivity index (χ2v) is 9.26. The van der Waals surface area contributed by atoms with Gasteiger partial charge in [-0.15, -0.1) is 0 Å². The Labute approximate surface area is 148 Å². The summed E-state index contributed by atoms with van der Waals surface area (Å²) in [5.41, 5.74) is 0.945. The van der Waals surface area contributed by atoms with Crippen LogP contribution in [-0.4, -0.2) is 23.4 Å². The molecule has 0 fully saturated rings. The monoisotopic (exact) mass is 400 g/mol. The third kappa shape index (κ3) is 4.24. The van der Waals surface area contributed by atoms with Crippen molar-refractivity contribution in [1.82, 2.24) is 0 Å². The minimum atomic E-state index is -3.47. The summed E-state index contributed by atoms with van der Waals surface area (Å²) >= 11 is -0.0928. The Morgan fingerprint density at radius 1 is 0.708 bits per heavy atom. The van der Waals surface area contributed by atoms with Crippen LogP contribution in [0.1, 0.15) is 5.56 Å². The van der Waals surface area contributed by atoms with E-state index >= 15 is 0 Å². The molecule has 0 radical (unpaired) electrons. The van der Waals surface area contributed by atoms with Gasteiger partial charge >= 0.3 is 149 Å². The average molecular weight is 399 g/mol. The van der Waals surface area contributed by atoms with E-state index in [0.717, 1.165) is 14.5 Å². The van der Waals surface area contributed by atoms with Gasteiger partial charge in [-0.2, -0.15) is 0 Å². The number of sulfone groups is 1. The quantitative estimate of drug-likeness (QED) is 0.616. The maximum atomic E-state index is 12.7. The van der Waals surface area contributed by atoms with Gasteiger partial charge in [0, 0.05) is 0 Å². The maximum absolute atomic E-state index is 12.7. The number of hydrogen-bond acceptors (Lipinski definition) is 2. The van der Waals surface area contributed by atoms with Crippen LogP contribution in [0.15, 0.2) is 101 Å². The zero-order valence-corrected chi connectivity index (χ0v) is 15.4. The van der Waals surface area contributed by atoms with Crippen LogP contribution in [0, 0.1) is 0 Å². The summed E-state index contributed by atoms with van der Waals surface area (Å²) in [6, 6.07) is 28.2. The van der Waals surface area contributed by atoms with E-state index in [0.29, 0.717) is 4.90 Å². The molecule has 24 heavy (non-hydrogen) atoms. The molecule has 3 rings (SSSR count). The normalized spacial score (nSPS) is 12.1. The van der Waals surface area contributed by atoms with Crippen LogP contribution in [0.2, 0.25) is 0 Å². The van der Waals surface area contributed by atoms with E-state index < -0.39 is 9.84 Å². The van der Waals surface area contributed by atoms with Crippen molar-refractivity contribution >= 4 is 33.7 Å². The predicted molar refractivity (Wildman–Crippen MR) is 99.9 cm³/mol.